The third-order valence-electron chi connectivity index (χ3n) is 4.26. The first-order chi connectivity index (χ1) is 11.3. The van der Waals surface area contributed by atoms with Crippen molar-refractivity contribution >= 4 is 27.6 Å². The number of benzene rings is 1. The molecule has 0 unspecified atom stereocenters. The Bertz CT molecular complexity index is 817. The fourth-order valence-corrected chi connectivity index (χ4v) is 3.59. The SMILES string of the molecule is CC(=O)O/N=C1\CC(C)(C)Cc2c1cc(C)n2-c1ccc(Br)cc1. The summed E-state index contributed by atoms with van der Waals surface area (Å²) >= 11 is 3.49. The molecule has 0 bridgehead atoms. The minimum Gasteiger partial charge on any atom is -0.318 e. The summed E-state index contributed by atoms with van der Waals surface area (Å²) in [5.74, 6) is -0.392. The lowest BCUT2D eigenvalue weighted by Gasteiger charge is -2.31. The summed E-state index contributed by atoms with van der Waals surface area (Å²) in [5, 5.41) is 4.13. The van der Waals surface area contributed by atoms with Gasteiger partial charge < -0.3 is 9.40 Å². The Morgan fingerprint density at radius 1 is 1.25 bits per heavy atom. The number of hydrogen-bond acceptors (Lipinski definition) is 3. The third-order valence-corrected chi connectivity index (χ3v) is 4.79. The van der Waals surface area contributed by atoms with Crippen molar-refractivity contribution < 1.29 is 9.63 Å². The molecule has 0 saturated carbocycles. The zero-order chi connectivity index (χ0) is 17.5. The van der Waals surface area contributed by atoms with E-state index in [4.69, 9.17) is 4.84 Å². The molecule has 126 valence electrons. The average Bonchev–Trinajstić information content (AvgIpc) is 2.81. The number of carbonyl (C=O) groups is 1. The van der Waals surface area contributed by atoms with Crippen molar-refractivity contribution in [2.75, 3.05) is 0 Å². The molecule has 1 aliphatic carbocycles. The number of oxime groups is 1. The summed E-state index contributed by atoms with van der Waals surface area (Å²) in [7, 11) is 0. The van der Waals surface area contributed by atoms with Crippen LogP contribution in [-0.4, -0.2) is 16.2 Å². The van der Waals surface area contributed by atoms with Gasteiger partial charge in [0.2, 0.25) is 0 Å². The first-order valence-electron chi connectivity index (χ1n) is 7.99. The second-order valence-corrected chi connectivity index (χ2v) is 8.01. The highest BCUT2D eigenvalue weighted by Crippen LogP contribution is 2.38. The number of hydrogen-bond donors (Lipinski definition) is 0. The molecule has 0 aliphatic heterocycles. The normalized spacial score (nSPS) is 17.6. The highest BCUT2D eigenvalue weighted by molar-refractivity contribution is 9.10. The van der Waals surface area contributed by atoms with Crippen LogP contribution in [0, 0.1) is 12.3 Å². The van der Waals surface area contributed by atoms with Crippen molar-refractivity contribution in [2.45, 2.75) is 40.5 Å². The Hall–Kier alpha value is -1.88. The standard InChI is InChI=1S/C19H21BrN2O2/c1-12-9-16-17(21-24-13(2)23)10-19(3,4)11-18(16)22(12)15-7-5-14(20)6-8-15/h5-9H,10-11H2,1-4H3/b21-17+. The van der Waals surface area contributed by atoms with Crippen molar-refractivity contribution in [3.63, 3.8) is 0 Å². The summed E-state index contributed by atoms with van der Waals surface area (Å²) in [4.78, 5) is 16.1. The van der Waals surface area contributed by atoms with Crippen LogP contribution in [-0.2, 0) is 16.1 Å². The van der Waals surface area contributed by atoms with Gasteiger partial charge in [-0.25, -0.2) is 4.79 Å². The number of carbonyl (C=O) groups excluding carboxylic acids is 1. The Morgan fingerprint density at radius 2 is 1.92 bits per heavy atom. The van der Waals surface area contributed by atoms with Crippen LogP contribution < -0.4 is 0 Å². The second-order valence-electron chi connectivity index (χ2n) is 7.10. The monoisotopic (exact) mass is 388 g/mol. The summed E-state index contributed by atoms with van der Waals surface area (Å²) in [6, 6.07) is 10.4. The van der Waals surface area contributed by atoms with E-state index in [0.29, 0.717) is 0 Å². The highest BCUT2D eigenvalue weighted by Gasteiger charge is 2.33. The van der Waals surface area contributed by atoms with Crippen LogP contribution in [0.4, 0.5) is 0 Å². The van der Waals surface area contributed by atoms with Crippen molar-refractivity contribution in [1.82, 2.24) is 4.57 Å². The predicted molar refractivity (Wildman–Crippen MR) is 98.6 cm³/mol. The van der Waals surface area contributed by atoms with Crippen LogP contribution in [0.15, 0.2) is 40.0 Å². The largest absolute Gasteiger partial charge is 0.331 e. The second kappa shape index (κ2) is 6.20. The summed E-state index contributed by atoms with van der Waals surface area (Å²) in [5.41, 5.74) is 5.48. The van der Waals surface area contributed by atoms with Crippen molar-refractivity contribution in [1.29, 1.82) is 0 Å². The van der Waals surface area contributed by atoms with Gasteiger partial charge >= 0.3 is 5.97 Å². The molecule has 4 nitrogen and oxygen atoms in total. The third kappa shape index (κ3) is 3.31. The van der Waals surface area contributed by atoms with Gasteiger partial charge in [-0.05, 0) is 55.5 Å². The molecule has 1 aromatic carbocycles. The van der Waals surface area contributed by atoms with E-state index in [1.54, 1.807) is 0 Å². The fourth-order valence-electron chi connectivity index (χ4n) is 3.33. The lowest BCUT2D eigenvalue weighted by Crippen LogP contribution is -2.28. The molecule has 5 heteroatoms. The predicted octanol–water partition coefficient (Wildman–Crippen LogP) is 4.79. The molecule has 0 radical (unpaired) electrons. The zero-order valence-corrected chi connectivity index (χ0v) is 16.0. The number of rotatable bonds is 2. The first kappa shape index (κ1) is 17.0. The number of fused-ring (bicyclic) bond motifs is 1. The molecule has 0 saturated heterocycles. The molecule has 0 amide bonds. The molecule has 1 aliphatic rings. The number of nitrogens with zero attached hydrogens (tertiary/aromatic N) is 2. The van der Waals surface area contributed by atoms with Crippen molar-refractivity contribution in [2.24, 2.45) is 10.6 Å². The molecule has 3 rings (SSSR count). The van der Waals surface area contributed by atoms with E-state index in [1.165, 1.54) is 12.6 Å². The van der Waals surface area contributed by atoms with E-state index < -0.39 is 5.97 Å². The lowest BCUT2D eigenvalue weighted by molar-refractivity contribution is -0.140. The molecule has 1 heterocycles. The Morgan fingerprint density at radius 3 is 2.54 bits per heavy atom. The van der Waals surface area contributed by atoms with Gasteiger partial charge in [0.15, 0.2) is 0 Å². The van der Waals surface area contributed by atoms with Gasteiger partial charge in [-0.3, -0.25) is 0 Å². The summed E-state index contributed by atoms with van der Waals surface area (Å²) in [6.07, 6.45) is 1.74. The Kier molecular flexibility index (Phi) is 4.38. The van der Waals surface area contributed by atoms with Gasteiger partial charge in [-0.15, -0.1) is 0 Å². The van der Waals surface area contributed by atoms with Gasteiger partial charge in [0.1, 0.15) is 0 Å². The topological polar surface area (TPSA) is 43.6 Å². The maximum absolute atomic E-state index is 11.1. The quantitative estimate of drug-likeness (QED) is 0.548. The van der Waals surface area contributed by atoms with E-state index in [0.717, 1.165) is 40.0 Å². The lowest BCUT2D eigenvalue weighted by atomic mass is 9.76. The molecular weight excluding hydrogens is 368 g/mol. The molecule has 1 aromatic heterocycles. The van der Waals surface area contributed by atoms with Crippen molar-refractivity contribution in [3.05, 3.63) is 51.8 Å². The van der Waals surface area contributed by atoms with Gasteiger partial charge in [-0.1, -0.05) is 34.9 Å². The van der Waals surface area contributed by atoms with E-state index in [9.17, 15) is 4.79 Å². The van der Waals surface area contributed by atoms with Gasteiger partial charge in [0, 0.05) is 34.0 Å². The Labute approximate surface area is 150 Å². The minimum absolute atomic E-state index is 0.0594. The van der Waals surface area contributed by atoms with E-state index in [2.05, 4.69) is 64.6 Å². The van der Waals surface area contributed by atoms with Crippen LogP contribution in [0.3, 0.4) is 0 Å². The number of halogens is 1. The fraction of sp³-hybridized carbons (Fsp3) is 0.368. The van der Waals surface area contributed by atoms with Gasteiger partial charge in [0.05, 0.1) is 5.71 Å². The van der Waals surface area contributed by atoms with Crippen molar-refractivity contribution in [3.8, 4) is 5.69 Å². The molecule has 0 N–H and O–H groups in total. The van der Waals surface area contributed by atoms with E-state index in [-0.39, 0.29) is 5.41 Å². The first-order valence-corrected chi connectivity index (χ1v) is 8.78. The van der Waals surface area contributed by atoms with Crippen LogP contribution in [0.2, 0.25) is 0 Å². The van der Waals surface area contributed by atoms with Gasteiger partial charge in [-0.2, -0.15) is 0 Å². The zero-order valence-electron chi connectivity index (χ0n) is 14.4. The summed E-state index contributed by atoms with van der Waals surface area (Å²) in [6.45, 7) is 7.90. The Balaban J connectivity index is 2.14. The number of aromatic nitrogens is 1. The van der Waals surface area contributed by atoms with Crippen LogP contribution in [0.1, 0.15) is 44.1 Å². The summed E-state index contributed by atoms with van der Waals surface area (Å²) < 4.78 is 3.33. The molecule has 0 atom stereocenters. The molecule has 2 aromatic rings. The smallest absolute Gasteiger partial charge is 0.318 e. The van der Waals surface area contributed by atoms with Gasteiger partial charge in [0.25, 0.3) is 0 Å². The highest BCUT2D eigenvalue weighted by atomic mass is 79.9. The molecule has 0 fully saturated rings. The minimum atomic E-state index is -0.392. The van der Waals surface area contributed by atoms with E-state index in [1.807, 2.05) is 12.1 Å². The maximum Gasteiger partial charge on any atom is 0.331 e. The molecule has 0 spiro atoms. The molecular formula is C19H21BrN2O2. The van der Waals surface area contributed by atoms with E-state index >= 15 is 0 Å². The molecule has 24 heavy (non-hydrogen) atoms. The van der Waals surface area contributed by atoms with Crippen LogP contribution in [0.25, 0.3) is 5.69 Å². The average molecular weight is 389 g/mol. The number of aryl methyl sites for hydroxylation is 1. The van der Waals surface area contributed by atoms with Crippen LogP contribution >= 0.6 is 15.9 Å². The maximum atomic E-state index is 11.1. The van der Waals surface area contributed by atoms with Crippen LogP contribution in [0.5, 0.6) is 0 Å².